The fourth-order valence-corrected chi connectivity index (χ4v) is 2.18. The topological polar surface area (TPSA) is 56.5 Å². The molecule has 0 aromatic carbocycles. The molecular weight excluding hydrogens is 212 g/mol. The van der Waals surface area contributed by atoms with Crippen LogP contribution in [0.25, 0.3) is 0 Å². The Balaban J connectivity index is 2.57. The molecule has 86 valence electrons. The summed E-state index contributed by atoms with van der Waals surface area (Å²) in [4.78, 5) is 1.08. The third-order valence-electron chi connectivity index (χ3n) is 2.03. The van der Waals surface area contributed by atoms with Crippen LogP contribution >= 0.6 is 11.3 Å². The van der Waals surface area contributed by atoms with E-state index in [1.807, 2.05) is 11.4 Å². The Kier molecular flexibility index (Phi) is 5.63. The first-order valence-corrected chi connectivity index (χ1v) is 5.86. The minimum Gasteiger partial charge on any atom is -0.496 e. The van der Waals surface area contributed by atoms with Crippen LogP contribution in [0, 0.1) is 0 Å². The number of ether oxygens (including phenoxy) is 2. The van der Waals surface area contributed by atoms with Crippen LogP contribution in [0.1, 0.15) is 24.3 Å². The highest BCUT2D eigenvalue weighted by molar-refractivity contribution is 7.10. The minimum atomic E-state index is 0.00602. The van der Waals surface area contributed by atoms with Crippen molar-refractivity contribution in [2.24, 2.45) is 5.84 Å². The number of nitrogens with two attached hydrogens (primary N) is 1. The fourth-order valence-electron chi connectivity index (χ4n) is 1.28. The Morgan fingerprint density at radius 3 is 3.00 bits per heavy atom. The lowest BCUT2D eigenvalue weighted by Gasteiger charge is -2.15. The molecule has 0 aliphatic heterocycles. The van der Waals surface area contributed by atoms with Gasteiger partial charge in [0.1, 0.15) is 5.75 Å². The van der Waals surface area contributed by atoms with Gasteiger partial charge in [-0.3, -0.25) is 5.84 Å². The molecule has 1 rings (SSSR count). The van der Waals surface area contributed by atoms with Crippen molar-refractivity contribution in [2.75, 3.05) is 20.3 Å². The van der Waals surface area contributed by atoms with Crippen molar-refractivity contribution in [3.63, 3.8) is 0 Å². The van der Waals surface area contributed by atoms with Gasteiger partial charge in [-0.15, -0.1) is 11.3 Å². The average Bonchev–Trinajstić information content (AvgIpc) is 2.72. The first kappa shape index (κ1) is 12.4. The van der Waals surface area contributed by atoms with E-state index in [0.717, 1.165) is 23.7 Å². The van der Waals surface area contributed by atoms with Gasteiger partial charge in [0.05, 0.1) is 24.6 Å². The molecule has 1 atom stereocenters. The molecule has 0 saturated heterocycles. The van der Waals surface area contributed by atoms with E-state index in [-0.39, 0.29) is 6.04 Å². The summed E-state index contributed by atoms with van der Waals surface area (Å²) in [5.74, 6) is 6.35. The van der Waals surface area contributed by atoms with Crippen molar-refractivity contribution in [3.05, 3.63) is 16.3 Å². The summed E-state index contributed by atoms with van der Waals surface area (Å²) in [7, 11) is 1.66. The summed E-state index contributed by atoms with van der Waals surface area (Å²) >= 11 is 1.62. The average molecular weight is 230 g/mol. The zero-order valence-corrected chi connectivity index (χ0v) is 9.97. The van der Waals surface area contributed by atoms with E-state index in [2.05, 4.69) is 12.3 Å². The monoisotopic (exact) mass is 230 g/mol. The molecule has 0 fully saturated rings. The lowest BCUT2D eigenvalue weighted by atomic mass is 10.2. The molecule has 1 heterocycles. The molecule has 1 unspecified atom stereocenters. The highest BCUT2D eigenvalue weighted by atomic mass is 32.1. The second-order valence-electron chi connectivity index (χ2n) is 3.15. The number of hydrogen-bond acceptors (Lipinski definition) is 5. The van der Waals surface area contributed by atoms with Crippen molar-refractivity contribution in [1.29, 1.82) is 0 Å². The Bertz CT molecular complexity index is 278. The van der Waals surface area contributed by atoms with Gasteiger partial charge in [-0.05, 0) is 17.9 Å². The van der Waals surface area contributed by atoms with Crippen LogP contribution in [0.5, 0.6) is 5.75 Å². The molecule has 0 bridgehead atoms. The standard InChI is InChI=1S/C10H18N2O2S/c1-3-5-14-7-8(12-11)10-9(13-2)4-6-15-10/h4,6,8,12H,3,5,7,11H2,1-2H3. The molecule has 0 aliphatic carbocycles. The molecule has 1 aromatic heterocycles. The van der Waals surface area contributed by atoms with E-state index in [1.54, 1.807) is 18.4 Å². The number of nitrogens with one attached hydrogen (secondary N) is 1. The van der Waals surface area contributed by atoms with E-state index in [1.165, 1.54) is 0 Å². The van der Waals surface area contributed by atoms with Crippen LogP contribution in [-0.2, 0) is 4.74 Å². The molecule has 0 saturated carbocycles. The smallest absolute Gasteiger partial charge is 0.134 e. The van der Waals surface area contributed by atoms with Gasteiger partial charge < -0.3 is 9.47 Å². The van der Waals surface area contributed by atoms with Gasteiger partial charge in [-0.25, -0.2) is 5.43 Å². The maximum absolute atomic E-state index is 5.49. The molecule has 15 heavy (non-hydrogen) atoms. The molecule has 0 aliphatic rings. The van der Waals surface area contributed by atoms with Crippen LogP contribution < -0.4 is 16.0 Å². The Hall–Kier alpha value is -0.620. The second kappa shape index (κ2) is 6.79. The predicted molar refractivity (Wildman–Crippen MR) is 62.0 cm³/mol. The summed E-state index contributed by atoms with van der Waals surface area (Å²) in [6, 6.07) is 1.94. The van der Waals surface area contributed by atoms with Gasteiger partial charge in [0, 0.05) is 6.61 Å². The van der Waals surface area contributed by atoms with Crippen LogP contribution in [-0.4, -0.2) is 20.3 Å². The van der Waals surface area contributed by atoms with Gasteiger partial charge in [0.2, 0.25) is 0 Å². The minimum absolute atomic E-state index is 0.00602. The molecular formula is C10H18N2O2S. The molecule has 0 amide bonds. The summed E-state index contributed by atoms with van der Waals surface area (Å²) < 4.78 is 10.7. The van der Waals surface area contributed by atoms with E-state index >= 15 is 0 Å². The zero-order chi connectivity index (χ0) is 11.1. The van der Waals surface area contributed by atoms with Crippen molar-refractivity contribution in [2.45, 2.75) is 19.4 Å². The van der Waals surface area contributed by atoms with E-state index in [0.29, 0.717) is 6.61 Å². The van der Waals surface area contributed by atoms with Gasteiger partial charge in [-0.1, -0.05) is 6.92 Å². The van der Waals surface area contributed by atoms with E-state index < -0.39 is 0 Å². The zero-order valence-electron chi connectivity index (χ0n) is 9.16. The van der Waals surface area contributed by atoms with Crippen LogP contribution in [0.3, 0.4) is 0 Å². The SMILES string of the molecule is CCCOCC(NN)c1sccc1OC. The third-order valence-corrected chi connectivity index (χ3v) is 3.04. The molecule has 0 radical (unpaired) electrons. The largest absolute Gasteiger partial charge is 0.496 e. The molecule has 0 spiro atoms. The lowest BCUT2D eigenvalue weighted by molar-refractivity contribution is 0.112. The van der Waals surface area contributed by atoms with Gasteiger partial charge >= 0.3 is 0 Å². The Morgan fingerprint density at radius 1 is 1.60 bits per heavy atom. The Labute approximate surface area is 94.3 Å². The van der Waals surface area contributed by atoms with Gasteiger partial charge in [0.15, 0.2) is 0 Å². The summed E-state index contributed by atoms with van der Waals surface area (Å²) in [5, 5.41) is 1.98. The molecule has 4 nitrogen and oxygen atoms in total. The number of hydrogen-bond donors (Lipinski definition) is 2. The van der Waals surface area contributed by atoms with Crippen molar-refractivity contribution in [1.82, 2.24) is 5.43 Å². The fraction of sp³-hybridized carbons (Fsp3) is 0.600. The quantitative estimate of drug-likeness (QED) is 0.425. The van der Waals surface area contributed by atoms with E-state index in [9.17, 15) is 0 Å². The van der Waals surface area contributed by atoms with E-state index in [4.69, 9.17) is 15.3 Å². The summed E-state index contributed by atoms with van der Waals surface area (Å²) in [6.45, 7) is 3.41. The number of methoxy groups -OCH3 is 1. The normalized spacial score (nSPS) is 12.7. The molecule has 1 aromatic rings. The summed E-state index contributed by atoms with van der Waals surface area (Å²) in [5.41, 5.74) is 2.74. The Morgan fingerprint density at radius 2 is 2.40 bits per heavy atom. The third kappa shape index (κ3) is 3.46. The number of hydrazine groups is 1. The van der Waals surface area contributed by atoms with Crippen molar-refractivity contribution in [3.8, 4) is 5.75 Å². The van der Waals surface area contributed by atoms with Crippen molar-refractivity contribution >= 4 is 11.3 Å². The first-order chi connectivity index (χ1) is 7.33. The first-order valence-electron chi connectivity index (χ1n) is 4.98. The second-order valence-corrected chi connectivity index (χ2v) is 4.10. The van der Waals surface area contributed by atoms with Gasteiger partial charge in [-0.2, -0.15) is 0 Å². The number of thiophene rings is 1. The van der Waals surface area contributed by atoms with Crippen LogP contribution in [0.15, 0.2) is 11.4 Å². The highest BCUT2D eigenvalue weighted by Crippen LogP contribution is 2.30. The van der Waals surface area contributed by atoms with Gasteiger partial charge in [0.25, 0.3) is 0 Å². The maximum atomic E-state index is 5.49. The maximum Gasteiger partial charge on any atom is 0.134 e. The van der Waals surface area contributed by atoms with Crippen LogP contribution in [0.2, 0.25) is 0 Å². The van der Waals surface area contributed by atoms with Crippen LogP contribution in [0.4, 0.5) is 0 Å². The molecule has 5 heteroatoms. The summed E-state index contributed by atoms with van der Waals surface area (Å²) in [6.07, 6.45) is 1.01. The lowest BCUT2D eigenvalue weighted by Crippen LogP contribution is -2.31. The highest BCUT2D eigenvalue weighted by Gasteiger charge is 2.16. The van der Waals surface area contributed by atoms with Crippen molar-refractivity contribution < 1.29 is 9.47 Å². The molecule has 3 N–H and O–H groups in total. The predicted octanol–water partition coefficient (Wildman–Crippen LogP) is 1.69. The number of rotatable bonds is 7.